The van der Waals surface area contributed by atoms with Gasteiger partial charge in [-0.2, -0.15) is 0 Å². The van der Waals surface area contributed by atoms with Gasteiger partial charge in [-0.15, -0.1) is 0 Å². The Kier molecular flexibility index (Phi) is 4.17. The minimum absolute atomic E-state index is 0.252. The van der Waals surface area contributed by atoms with E-state index in [1.54, 1.807) is 7.11 Å². The second kappa shape index (κ2) is 4.99. The zero-order chi connectivity index (χ0) is 11.6. The second-order valence-electron chi connectivity index (χ2n) is 3.98. The summed E-state index contributed by atoms with van der Waals surface area (Å²) in [6.45, 7) is 4.17. The zero-order valence-electron chi connectivity index (χ0n) is 9.97. The average molecular weight is 272 g/mol. The first-order chi connectivity index (χ1) is 6.97. The van der Waals surface area contributed by atoms with Crippen LogP contribution in [0.5, 0.6) is 5.75 Å². The number of methoxy groups -OCH3 is 1. The van der Waals surface area contributed by atoms with Crippen molar-refractivity contribution in [1.29, 1.82) is 0 Å². The molecule has 0 bridgehead atoms. The second-order valence-corrected chi connectivity index (χ2v) is 4.85. The van der Waals surface area contributed by atoms with Gasteiger partial charge in [-0.05, 0) is 56.8 Å². The van der Waals surface area contributed by atoms with Crippen LogP contribution in [0.1, 0.15) is 21.6 Å². The molecule has 1 rings (SSSR count). The van der Waals surface area contributed by atoms with Gasteiger partial charge in [0.1, 0.15) is 5.75 Å². The molecule has 0 saturated heterocycles. The fourth-order valence-corrected chi connectivity index (χ4v) is 2.06. The summed E-state index contributed by atoms with van der Waals surface area (Å²) in [6.07, 6.45) is 0. The van der Waals surface area contributed by atoms with Gasteiger partial charge in [0.15, 0.2) is 0 Å². The standard InChI is InChI=1S/C12H18BrNO/c1-8-7-11(15-5)9(2)6-10(8)12(13)14(3)4/h6-7,12H,1-5H3. The van der Waals surface area contributed by atoms with Crippen LogP contribution in [0.25, 0.3) is 0 Å². The number of alkyl halides is 1. The van der Waals surface area contributed by atoms with E-state index in [0.717, 1.165) is 5.75 Å². The summed E-state index contributed by atoms with van der Waals surface area (Å²) in [7, 11) is 5.82. The van der Waals surface area contributed by atoms with Crippen LogP contribution in [0, 0.1) is 13.8 Å². The van der Waals surface area contributed by atoms with Crippen LogP contribution in [0.3, 0.4) is 0 Å². The summed E-state index contributed by atoms with van der Waals surface area (Å²) in [5, 5.41) is 0. The maximum atomic E-state index is 5.29. The van der Waals surface area contributed by atoms with Gasteiger partial charge in [-0.1, -0.05) is 15.9 Å². The van der Waals surface area contributed by atoms with Crippen LogP contribution >= 0.6 is 15.9 Å². The highest BCUT2D eigenvalue weighted by atomic mass is 79.9. The molecule has 0 aliphatic rings. The lowest BCUT2D eigenvalue weighted by Gasteiger charge is -2.21. The highest BCUT2D eigenvalue weighted by molar-refractivity contribution is 9.09. The van der Waals surface area contributed by atoms with Crippen molar-refractivity contribution >= 4 is 15.9 Å². The summed E-state index contributed by atoms with van der Waals surface area (Å²) in [5.74, 6) is 0.953. The predicted molar refractivity (Wildman–Crippen MR) is 67.8 cm³/mol. The van der Waals surface area contributed by atoms with E-state index >= 15 is 0 Å². The van der Waals surface area contributed by atoms with Gasteiger partial charge in [0.2, 0.25) is 0 Å². The van der Waals surface area contributed by atoms with E-state index in [9.17, 15) is 0 Å². The van der Waals surface area contributed by atoms with Gasteiger partial charge in [-0.3, -0.25) is 4.90 Å². The average Bonchev–Trinajstić information content (AvgIpc) is 2.19. The summed E-state index contributed by atoms with van der Waals surface area (Å²) in [4.78, 5) is 2.39. The molecule has 2 nitrogen and oxygen atoms in total. The topological polar surface area (TPSA) is 12.5 Å². The Hall–Kier alpha value is -0.540. The van der Waals surface area contributed by atoms with E-state index in [1.165, 1.54) is 16.7 Å². The Morgan fingerprint density at radius 2 is 1.80 bits per heavy atom. The minimum atomic E-state index is 0.252. The molecule has 0 spiro atoms. The van der Waals surface area contributed by atoms with E-state index in [0.29, 0.717) is 0 Å². The zero-order valence-corrected chi connectivity index (χ0v) is 11.6. The number of hydrogen-bond acceptors (Lipinski definition) is 2. The molecule has 84 valence electrons. The molecular weight excluding hydrogens is 254 g/mol. The fourth-order valence-electron chi connectivity index (χ4n) is 1.57. The van der Waals surface area contributed by atoms with Crippen molar-refractivity contribution in [2.24, 2.45) is 0 Å². The largest absolute Gasteiger partial charge is 0.496 e. The molecule has 1 atom stereocenters. The number of ether oxygens (including phenoxy) is 1. The fraction of sp³-hybridized carbons (Fsp3) is 0.500. The third-order valence-electron chi connectivity index (χ3n) is 2.49. The molecule has 0 aliphatic carbocycles. The lowest BCUT2D eigenvalue weighted by molar-refractivity contribution is 0.393. The molecule has 1 aromatic rings. The van der Waals surface area contributed by atoms with E-state index in [4.69, 9.17) is 4.74 Å². The van der Waals surface area contributed by atoms with Gasteiger partial charge >= 0.3 is 0 Å². The van der Waals surface area contributed by atoms with E-state index < -0.39 is 0 Å². The Morgan fingerprint density at radius 1 is 1.20 bits per heavy atom. The third kappa shape index (κ3) is 2.73. The van der Waals surface area contributed by atoms with Crippen molar-refractivity contribution in [3.63, 3.8) is 0 Å². The number of halogens is 1. The number of rotatable bonds is 3. The van der Waals surface area contributed by atoms with Gasteiger partial charge < -0.3 is 4.74 Å². The van der Waals surface area contributed by atoms with Crippen LogP contribution in [-0.4, -0.2) is 26.1 Å². The molecule has 1 aromatic carbocycles. The molecule has 0 aromatic heterocycles. The quantitative estimate of drug-likeness (QED) is 0.618. The van der Waals surface area contributed by atoms with Crippen molar-refractivity contribution in [2.45, 2.75) is 18.8 Å². The monoisotopic (exact) mass is 271 g/mol. The molecular formula is C12H18BrNO. The Labute approximate surface area is 100 Å². The van der Waals surface area contributed by atoms with E-state index in [2.05, 4.69) is 60.9 Å². The minimum Gasteiger partial charge on any atom is -0.496 e. The van der Waals surface area contributed by atoms with E-state index in [-0.39, 0.29) is 4.95 Å². The SMILES string of the molecule is COc1cc(C)c(C(Br)N(C)C)cc1C. The normalized spacial score (nSPS) is 13.0. The third-order valence-corrected chi connectivity index (χ3v) is 3.81. The molecule has 0 N–H and O–H groups in total. The number of benzene rings is 1. The molecule has 0 heterocycles. The summed E-state index contributed by atoms with van der Waals surface area (Å²) >= 11 is 3.67. The van der Waals surface area contributed by atoms with E-state index in [1.807, 2.05) is 0 Å². The summed E-state index contributed by atoms with van der Waals surface area (Å²) < 4.78 is 5.29. The van der Waals surface area contributed by atoms with Gasteiger partial charge in [-0.25, -0.2) is 0 Å². The van der Waals surface area contributed by atoms with Gasteiger partial charge in [0.05, 0.1) is 12.1 Å². The molecule has 0 saturated carbocycles. The van der Waals surface area contributed by atoms with Crippen molar-refractivity contribution < 1.29 is 4.74 Å². The molecule has 0 fully saturated rings. The Morgan fingerprint density at radius 3 is 2.27 bits per heavy atom. The summed E-state index contributed by atoms with van der Waals surface area (Å²) in [5.41, 5.74) is 3.70. The number of nitrogens with zero attached hydrogens (tertiary/aromatic N) is 1. The maximum Gasteiger partial charge on any atom is 0.122 e. The lowest BCUT2D eigenvalue weighted by Crippen LogP contribution is -2.15. The summed E-state index contributed by atoms with van der Waals surface area (Å²) in [6, 6.07) is 4.26. The van der Waals surface area contributed by atoms with Gasteiger partial charge in [0, 0.05) is 0 Å². The first-order valence-electron chi connectivity index (χ1n) is 4.93. The highest BCUT2D eigenvalue weighted by Crippen LogP contribution is 2.31. The van der Waals surface area contributed by atoms with Crippen molar-refractivity contribution in [3.8, 4) is 5.75 Å². The van der Waals surface area contributed by atoms with Crippen LogP contribution in [0.4, 0.5) is 0 Å². The molecule has 0 amide bonds. The van der Waals surface area contributed by atoms with Crippen molar-refractivity contribution in [1.82, 2.24) is 4.90 Å². The van der Waals surface area contributed by atoms with Crippen LogP contribution < -0.4 is 4.74 Å². The Balaban J connectivity index is 3.15. The molecule has 0 aliphatic heterocycles. The lowest BCUT2D eigenvalue weighted by atomic mass is 10.0. The van der Waals surface area contributed by atoms with Crippen LogP contribution in [-0.2, 0) is 0 Å². The predicted octanol–water partition coefficient (Wildman–Crippen LogP) is 3.27. The van der Waals surface area contributed by atoms with Crippen molar-refractivity contribution in [3.05, 3.63) is 28.8 Å². The van der Waals surface area contributed by atoms with Crippen molar-refractivity contribution in [2.75, 3.05) is 21.2 Å². The maximum absolute atomic E-state index is 5.29. The van der Waals surface area contributed by atoms with Crippen LogP contribution in [0.2, 0.25) is 0 Å². The Bertz CT molecular complexity index is 350. The smallest absolute Gasteiger partial charge is 0.122 e. The molecule has 3 heteroatoms. The van der Waals surface area contributed by atoms with Crippen LogP contribution in [0.15, 0.2) is 12.1 Å². The number of hydrogen-bond donors (Lipinski definition) is 0. The number of aryl methyl sites for hydroxylation is 2. The molecule has 1 unspecified atom stereocenters. The molecule has 15 heavy (non-hydrogen) atoms. The first kappa shape index (κ1) is 12.5. The first-order valence-corrected chi connectivity index (χ1v) is 5.84. The highest BCUT2D eigenvalue weighted by Gasteiger charge is 2.14. The van der Waals surface area contributed by atoms with Gasteiger partial charge in [0.25, 0.3) is 0 Å². The molecule has 0 radical (unpaired) electrons.